The number of carbonyl (C=O) groups excluding carboxylic acids is 5. The summed E-state index contributed by atoms with van der Waals surface area (Å²) in [5.41, 5.74) is 23.2. The lowest BCUT2D eigenvalue weighted by atomic mass is 9.93. The molecule has 2 heterocycles. The minimum Gasteiger partial charge on any atom is -0.492 e. The summed E-state index contributed by atoms with van der Waals surface area (Å²) in [5.74, 6) is -1.96. The number of likely N-dealkylation sites (N-methyl/N-ethyl adjacent to an activating group) is 1. The van der Waals surface area contributed by atoms with Gasteiger partial charge in [-0.3, -0.25) is 24.0 Å². The van der Waals surface area contributed by atoms with Gasteiger partial charge in [0.15, 0.2) is 5.82 Å². The number of fused-ring (bicyclic) bond motifs is 5. The molecule has 6 rings (SSSR count). The summed E-state index contributed by atoms with van der Waals surface area (Å²) in [4.78, 5) is 72.3. The van der Waals surface area contributed by atoms with E-state index in [2.05, 4.69) is 73.1 Å². The van der Waals surface area contributed by atoms with Crippen LogP contribution in [0.2, 0.25) is 0 Å². The lowest BCUT2D eigenvalue weighted by Crippen LogP contribution is -2.55. The molecule has 4 aromatic carbocycles. The van der Waals surface area contributed by atoms with Crippen molar-refractivity contribution < 1.29 is 33.4 Å². The fourth-order valence-corrected chi connectivity index (χ4v) is 7.88. The largest absolute Gasteiger partial charge is 0.492 e. The Morgan fingerprint density at radius 3 is 2.12 bits per heavy atom. The van der Waals surface area contributed by atoms with Gasteiger partial charge in [0.2, 0.25) is 23.6 Å². The van der Waals surface area contributed by atoms with Gasteiger partial charge in [0.25, 0.3) is 5.91 Å². The first-order valence-electron chi connectivity index (χ1n) is 22.9. The molecule has 68 heavy (non-hydrogen) atoms. The molecule has 0 saturated carbocycles. The summed E-state index contributed by atoms with van der Waals surface area (Å²) in [7, 11) is 1.46. The van der Waals surface area contributed by atoms with Gasteiger partial charge in [-0.05, 0) is 103 Å². The fraction of sp³-hybridized carbons (Fsp3) is 0.388. The molecule has 0 radical (unpaired) electrons. The summed E-state index contributed by atoms with van der Waals surface area (Å²) in [6.07, 6.45) is 3.84. The maximum atomic E-state index is 14.8. The molecule has 0 spiro atoms. The molecule has 19 heteroatoms. The second kappa shape index (κ2) is 24.5. The number of nitrogens with zero attached hydrogens (tertiary/aromatic N) is 4. The first-order valence-corrected chi connectivity index (χ1v) is 22.9. The van der Waals surface area contributed by atoms with E-state index in [4.69, 9.17) is 26.7 Å². The highest BCUT2D eigenvalue weighted by Crippen LogP contribution is 2.40. The number of nitrogens with two attached hydrogens (primary N) is 3. The number of carbonyl (C=O) groups is 5. The Hall–Kier alpha value is -7.22. The maximum Gasteiger partial charge on any atom is 0.251 e. The third kappa shape index (κ3) is 13.0. The molecule has 1 aliphatic rings. The van der Waals surface area contributed by atoms with E-state index < -0.39 is 53.7 Å². The number of hydrogen-bond acceptors (Lipinski definition) is 13. The molecular formula is C49H62N12O7. The van der Waals surface area contributed by atoms with Crippen molar-refractivity contribution in [3.63, 3.8) is 0 Å². The highest BCUT2D eigenvalue weighted by Gasteiger charge is 2.36. The molecule has 1 aromatic heterocycles. The fourth-order valence-electron chi connectivity index (χ4n) is 7.88. The number of unbranched alkanes of at least 4 members (excludes halogenated alkanes) is 1. The Morgan fingerprint density at radius 1 is 0.824 bits per heavy atom. The molecule has 4 bridgehead atoms. The predicted molar refractivity (Wildman–Crippen MR) is 256 cm³/mol. The standard InChI is InChI=1S/C49H62N12O7/c1-4-5-7-31-9-12-33(13-10-31)34-14-16-35(17-15-34)46(63)55-39(8-6-21-50)49(66)61(3)44-36-18-20-42(68-25-23-52)38(28-36)37-26-32(11-19-41(37)67-24-22-51)27-40(56-45(62)30(2)54-48(44)65)47(64)53-29-43-57-59-60-58-43/h9-20,26,28,30,39-40,44H,4-8,21-25,27,29,50-52H2,1-3H3,(H,53,64)(H,54,65)(H,55,63)(H,56,62)(H,57,58,59,60). The number of benzene rings is 4. The number of tetrazole rings is 1. The van der Waals surface area contributed by atoms with Gasteiger partial charge in [-0.25, -0.2) is 0 Å². The lowest BCUT2D eigenvalue weighted by Gasteiger charge is -2.32. The Morgan fingerprint density at radius 2 is 1.49 bits per heavy atom. The highest BCUT2D eigenvalue weighted by molar-refractivity contribution is 5.99. The number of amides is 5. The van der Waals surface area contributed by atoms with Crippen molar-refractivity contribution in [2.24, 2.45) is 17.2 Å². The van der Waals surface area contributed by atoms with Crippen LogP contribution in [-0.2, 0) is 38.6 Å². The van der Waals surface area contributed by atoms with E-state index >= 15 is 0 Å². The molecule has 11 N–H and O–H groups in total. The van der Waals surface area contributed by atoms with Crippen LogP contribution < -0.4 is 47.9 Å². The monoisotopic (exact) mass is 930 g/mol. The molecule has 4 unspecified atom stereocenters. The molecule has 0 saturated heterocycles. The first kappa shape index (κ1) is 50.2. The van der Waals surface area contributed by atoms with Gasteiger partial charge in [0.05, 0.1) is 6.54 Å². The van der Waals surface area contributed by atoms with Crippen molar-refractivity contribution in [3.8, 4) is 33.8 Å². The molecule has 5 aromatic rings. The second-order valence-electron chi connectivity index (χ2n) is 16.6. The summed E-state index contributed by atoms with van der Waals surface area (Å²) < 4.78 is 12.3. The van der Waals surface area contributed by atoms with Crippen LogP contribution in [0.5, 0.6) is 11.5 Å². The SMILES string of the molecule is CCCCc1ccc(-c2ccc(C(=O)NC(CCCN)C(=O)N(C)C3C(=O)NC(C)C(=O)NC(C(=O)NCc4nn[nH]n4)Cc4ccc(OCCN)c(c4)-c4cc3ccc4OCCN)cc2)cc1. The Balaban J connectivity index is 1.35. The first-order chi connectivity index (χ1) is 32.9. The lowest BCUT2D eigenvalue weighted by molar-refractivity contribution is -0.141. The maximum absolute atomic E-state index is 14.8. The van der Waals surface area contributed by atoms with Crippen LogP contribution in [0, 0.1) is 0 Å². The van der Waals surface area contributed by atoms with Crippen molar-refractivity contribution in [1.29, 1.82) is 0 Å². The van der Waals surface area contributed by atoms with Crippen molar-refractivity contribution >= 4 is 29.5 Å². The number of aromatic amines is 1. The van der Waals surface area contributed by atoms with Gasteiger partial charge in [-0.2, -0.15) is 5.21 Å². The van der Waals surface area contributed by atoms with E-state index in [-0.39, 0.29) is 58.1 Å². The number of rotatable bonds is 20. The van der Waals surface area contributed by atoms with Gasteiger partial charge in [0, 0.05) is 43.2 Å². The third-order valence-electron chi connectivity index (χ3n) is 11.6. The van der Waals surface area contributed by atoms with Crippen molar-refractivity contribution in [2.45, 2.75) is 83.1 Å². The number of aryl methyl sites for hydroxylation is 1. The zero-order valence-corrected chi connectivity index (χ0v) is 38.8. The van der Waals surface area contributed by atoms with Crippen LogP contribution in [0.1, 0.15) is 78.4 Å². The molecule has 360 valence electrons. The summed E-state index contributed by atoms with van der Waals surface area (Å²) in [6, 6.07) is 21.1. The Kier molecular flexibility index (Phi) is 18.1. The van der Waals surface area contributed by atoms with Crippen LogP contribution in [0.3, 0.4) is 0 Å². The smallest absolute Gasteiger partial charge is 0.251 e. The zero-order valence-electron chi connectivity index (χ0n) is 38.8. The summed E-state index contributed by atoms with van der Waals surface area (Å²) in [5, 5.41) is 24.8. The van der Waals surface area contributed by atoms with E-state index in [0.717, 1.165) is 30.4 Å². The van der Waals surface area contributed by atoms with Gasteiger partial charge in [-0.15, -0.1) is 10.2 Å². The second-order valence-corrected chi connectivity index (χ2v) is 16.6. The predicted octanol–water partition coefficient (Wildman–Crippen LogP) is 2.45. The van der Waals surface area contributed by atoms with Gasteiger partial charge >= 0.3 is 0 Å². The zero-order chi connectivity index (χ0) is 48.6. The van der Waals surface area contributed by atoms with Crippen LogP contribution >= 0.6 is 0 Å². The van der Waals surface area contributed by atoms with Gasteiger partial charge in [0.1, 0.15) is 48.9 Å². The molecular weight excluding hydrogens is 869 g/mol. The number of aromatic nitrogens is 4. The normalized spacial score (nSPS) is 16.4. The minimum absolute atomic E-state index is 0.0280. The Labute approximate surface area is 395 Å². The number of ether oxygens (including phenoxy) is 2. The quantitative estimate of drug-likeness (QED) is 0.0558. The molecule has 19 nitrogen and oxygen atoms in total. The van der Waals surface area contributed by atoms with E-state index in [1.165, 1.54) is 24.4 Å². The van der Waals surface area contributed by atoms with E-state index in [1.807, 2.05) is 12.1 Å². The number of H-pyrrole nitrogens is 1. The highest BCUT2D eigenvalue weighted by atomic mass is 16.5. The number of nitrogens with one attached hydrogen (secondary N) is 5. The topological polar surface area (TPSA) is 288 Å². The van der Waals surface area contributed by atoms with Crippen LogP contribution in [0.15, 0.2) is 84.9 Å². The summed E-state index contributed by atoms with van der Waals surface area (Å²) in [6.45, 7) is 4.52. The van der Waals surface area contributed by atoms with E-state index in [1.54, 1.807) is 48.5 Å². The van der Waals surface area contributed by atoms with E-state index in [0.29, 0.717) is 45.7 Å². The van der Waals surface area contributed by atoms with Crippen molar-refractivity contribution in [2.75, 3.05) is 39.9 Å². The van der Waals surface area contributed by atoms with Crippen LogP contribution in [0.4, 0.5) is 0 Å². The van der Waals surface area contributed by atoms with Crippen molar-refractivity contribution in [3.05, 3.63) is 113 Å². The summed E-state index contributed by atoms with van der Waals surface area (Å²) >= 11 is 0. The van der Waals surface area contributed by atoms with Crippen molar-refractivity contribution in [1.82, 2.24) is 46.8 Å². The average Bonchev–Trinajstić information content (AvgIpc) is 3.88. The molecule has 0 fully saturated rings. The molecule has 4 atom stereocenters. The molecule has 5 amide bonds. The molecule has 1 aliphatic heterocycles. The molecule has 0 aliphatic carbocycles. The van der Waals surface area contributed by atoms with Gasteiger partial charge < -0.3 is 52.8 Å². The minimum atomic E-state index is -1.36. The van der Waals surface area contributed by atoms with Gasteiger partial charge in [-0.1, -0.05) is 67.1 Å². The third-order valence-corrected chi connectivity index (χ3v) is 11.6. The average molecular weight is 931 g/mol. The number of hydrogen-bond donors (Lipinski definition) is 8. The van der Waals surface area contributed by atoms with Crippen LogP contribution in [0.25, 0.3) is 22.3 Å². The van der Waals surface area contributed by atoms with Crippen LogP contribution in [-0.4, -0.2) is 113 Å². The Bertz CT molecular complexity index is 2480. The van der Waals surface area contributed by atoms with E-state index in [9.17, 15) is 24.0 Å².